The number of ketones is 1. The van der Waals surface area contributed by atoms with Crippen LogP contribution in [0.2, 0.25) is 0 Å². The molecule has 0 aliphatic carbocycles. The van der Waals surface area contributed by atoms with Crippen LogP contribution in [0.5, 0.6) is 0 Å². The first-order valence-corrected chi connectivity index (χ1v) is 7.19. The number of nitrogens with zero attached hydrogens (tertiary/aromatic N) is 1. The molecule has 0 saturated heterocycles. The molecular weight excluding hydrogens is 290 g/mol. The molecule has 4 aromatic rings. The second-order valence-corrected chi connectivity index (χ2v) is 5.27. The third kappa shape index (κ3) is 2.02. The van der Waals surface area contributed by atoms with Gasteiger partial charge in [0.2, 0.25) is 5.78 Å². The Hall–Kier alpha value is -3.34. The zero-order valence-electron chi connectivity index (χ0n) is 12.1. The van der Waals surface area contributed by atoms with Crippen LogP contribution < -0.4 is 0 Å². The quantitative estimate of drug-likeness (QED) is 0.233. The summed E-state index contributed by atoms with van der Waals surface area (Å²) in [4.78, 5) is 19.0. The van der Waals surface area contributed by atoms with Gasteiger partial charge < -0.3 is 15.2 Å². The first-order valence-electron chi connectivity index (χ1n) is 7.19. The van der Waals surface area contributed by atoms with Gasteiger partial charge in [-0.1, -0.05) is 41.6 Å². The Balaban J connectivity index is 1.86. The third-order valence-electron chi connectivity index (χ3n) is 3.99. The first-order chi connectivity index (χ1) is 11.3. The molecule has 0 atom stereocenters. The van der Waals surface area contributed by atoms with Gasteiger partial charge in [-0.25, -0.2) is 0 Å². The van der Waals surface area contributed by atoms with Crippen LogP contribution in [0.3, 0.4) is 0 Å². The molecule has 2 heterocycles. The van der Waals surface area contributed by atoms with Crippen molar-refractivity contribution in [3.05, 3.63) is 72.1 Å². The van der Waals surface area contributed by atoms with Crippen molar-refractivity contribution < 1.29 is 10.0 Å². The minimum Gasteiger partial charge on any atom is -0.410 e. The Morgan fingerprint density at radius 1 is 0.826 bits per heavy atom. The molecule has 3 N–H and O–H groups in total. The lowest BCUT2D eigenvalue weighted by molar-refractivity contribution is 0.106. The number of benzene rings is 2. The van der Waals surface area contributed by atoms with Crippen molar-refractivity contribution >= 4 is 33.3 Å². The molecule has 0 bridgehead atoms. The van der Waals surface area contributed by atoms with Gasteiger partial charge in [0.1, 0.15) is 0 Å². The molecule has 0 radical (unpaired) electrons. The molecular formula is C18H13N3O2. The lowest BCUT2D eigenvalue weighted by Crippen LogP contribution is -2.15. The van der Waals surface area contributed by atoms with E-state index < -0.39 is 0 Å². The average molecular weight is 303 g/mol. The van der Waals surface area contributed by atoms with Crippen LogP contribution in [0.4, 0.5) is 0 Å². The second kappa shape index (κ2) is 5.14. The maximum atomic E-state index is 12.9. The van der Waals surface area contributed by atoms with E-state index in [1.165, 1.54) is 0 Å². The fourth-order valence-corrected chi connectivity index (χ4v) is 2.88. The average Bonchev–Trinajstić information content (AvgIpc) is 3.20. The standard InChI is InChI=1S/C18H13N3O2/c22-18(14-10-20-16-8-4-2-6-12(14)16)17(21-23)13-9-19-15-7-3-1-5-11(13)15/h1-10,19-20,23H/b21-17-. The molecule has 112 valence electrons. The van der Waals surface area contributed by atoms with Gasteiger partial charge in [-0.05, 0) is 12.1 Å². The Bertz CT molecular complexity index is 1060. The van der Waals surface area contributed by atoms with Gasteiger partial charge in [0.05, 0.1) is 0 Å². The summed E-state index contributed by atoms with van der Waals surface area (Å²) < 4.78 is 0. The number of nitrogens with one attached hydrogen (secondary N) is 2. The molecule has 0 fully saturated rings. The number of rotatable bonds is 3. The highest BCUT2D eigenvalue weighted by molar-refractivity contribution is 6.54. The highest BCUT2D eigenvalue weighted by atomic mass is 16.4. The Morgan fingerprint density at radius 2 is 1.35 bits per heavy atom. The van der Waals surface area contributed by atoms with Crippen molar-refractivity contribution in [3.8, 4) is 0 Å². The molecule has 0 amide bonds. The van der Waals surface area contributed by atoms with E-state index in [-0.39, 0.29) is 11.5 Å². The van der Waals surface area contributed by atoms with Gasteiger partial charge in [0.15, 0.2) is 5.71 Å². The fraction of sp³-hybridized carbons (Fsp3) is 0. The largest absolute Gasteiger partial charge is 0.410 e. The summed E-state index contributed by atoms with van der Waals surface area (Å²) in [6.07, 6.45) is 3.33. The van der Waals surface area contributed by atoms with E-state index in [0.717, 1.165) is 21.8 Å². The van der Waals surface area contributed by atoms with Crippen molar-refractivity contribution in [2.75, 3.05) is 0 Å². The van der Waals surface area contributed by atoms with E-state index in [1.54, 1.807) is 12.4 Å². The highest BCUT2D eigenvalue weighted by Crippen LogP contribution is 2.23. The summed E-state index contributed by atoms with van der Waals surface area (Å²) in [5, 5.41) is 14.4. The van der Waals surface area contributed by atoms with Gasteiger partial charge in [0, 0.05) is 45.3 Å². The number of Topliss-reactive ketones (excluding diaryl/α,β-unsaturated/α-hetero) is 1. The van der Waals surface area contributed by atoms with Crippen LogP contribution in [0.1, 0.15) is 15.9 Å². The summed E-state index contributed by atoms with van der Waals surface area (Å²) in [5.74, 6) is -0.324. The van der Waals surface area contributed by atoms with Crippen molar-refractivity contribution in [2.24, 2.45) is 5.16 Å². The number of para-hydroxylation sites is 2. The molecule has 2 aromatic heterocycles. The number of H-pyrrole nitrogens is 2. The molecule has 0 spiro atoms. The van der Waals surface area contributed by atoms with Crippen LogP contribution >= 0.6 is 0 Å². The highest BCUT2D eigenvalue weighted by Gasteiger charge is 2.22. The lowest BCUT2D eigenvalue weighted by Gasteiger charge is -2.02. The summed E-state index contributed by atoms with van der Waals surface area (Å²) in [6, 6.07) is 15.1. The van der Waals surface area contributed by atoms with Crippen LogP contribution in [0.15, 0.2) is 66.1 Å². The van der Waals surface area contributed by atoms with Gasteiger partial charge in [-0.15, -0.1) is 0 Å². The maximum absolute atomic E-state index is 12.9. The van der Waals surface area contributed by atoms with Crippen molar-refractivity contribution in [2.45, 2.75) is 0 Å². The van der Waals surface area contributed by atoms with Gasteiger partial charge in [0.25, 0.3) is 0 Å². The number of fused-ring (bicyclic) bond motifs is 2. The fourth-order valence-electron chi connectivity index (χ4n) is 2.88. The van der Waals surface area contributed by atoms with Gasteiger partial charge >= 0.3 is 0 Å². The normalized spacial score (nSPS) is 12.1. The number of hydrogen-bond acceptors (Lipinski definition) is 3. The van der Waals surface area contributed by atoms with E-state index >= 15 is 0 Å². The van der Waals surface area contributed by atoms with E-state index in [0.29, 0.717) is 11.1 Å². The third-order valence-corrected chi connectivity index (χ3v) is 3.99. The molecule has 0 aliphatic rings. The molecule has 0 saturated carbocycles. The van der Waals surface area contributed by atoms with E-state index in [9.17, 15) is 10.0 Å². The lowest BCUT2D eigenvalue weighted by atomic mass is 10.00. The molecule has 4 rings (SSSR count). The van der Waals surface area contributed by atoms with Gasteiger partial charge in [-0.3, -0.25) is 4.79 Å². The summed E-state index contributed by atoms with van der Waals surface area (Å²) in [7, 11) is 0. The van der Waals surface area contributed by atoms with E-state index in [2.05, 4.69) is 15.1 Å². The number of aromatic amines is 2. The summed E-state index contributed by atoms with van der Waals surface area (Å²) in [5.41, 5.74) is 2.84. The summed E-state index contributed by atoms with van der Waals surface area (Å²) >= 11 is 0. The van der Waals surface area contributed by atoms with Gasteiger partial charge in [-0.2, -0.15) is 0 Å². The predicted molar refractivity (Wildman–Crippen MR) is 89.3 cm³/mol. The first kappa shape index (κ1) is 13.3. The zero-order valence-corrected chi connectivity index (χ0v) is 12.1. The molecule has 0 aliphatic heterocycles. The number of oxime groups is 1. The zero-order chi connectivity index (χ0) is 15.8. The minimum absolute atomic E-state index is 0.0206. The Labute approximate surface area is 131 Å². The molecule has 5 nitrogen and oxygen atoms in total. The van der Waals surface area contributed by atoms with E-state index in [4.69, 9.17) is 0 Å². The Kier molecular flexibility index (Phi) is 2.98. The molecule has 23 heavy (non-hydrogen) atoms. The van der Waals surface area contributed by atoms with Crippen molar-refractivity contribution in [3.63, 3.8) is 0 Å². The van der Waals surface area contributed by atoms with Crippen LogP contribution in [-0.2, 0) is 0 Å². The smallest absolute Gasteiger partial charge is 0.217 e. The summed E-state index contributed by atoms with van der Waals surface area (Å²) in [6.45, 7) is 0. The van der Waals surface area contributed by atoms with Crippen molar-refractivity contribution in [1.82, 2.24) is 9.97 Å². The number of carbonyl (C=O) groups excluding carboxylic acids is 1. The topological polar surface area (TPSA) is 81.2 Å². The molecule has 5 heteroatoms. The van der Waals surface area contributed by atoms with Crippen LogP contribution in [0.25, 0.3) is 21.8 Å². The monoisotopic (exact) mass is 303 g/mol. The predicted octanol–water partition coefficient (Wildman–Crippen LogP) is 3.71. The van der Waals surface area contributed by atoms with Crippen LogP contribution in [-0.4, -0.2) is 26.7 Å². The SMILES string of the molecule is O=C(/C(=N\O)c1c[nH]c2ccccc12)c1c[nH]c2ccccc12. The maximum Gasteiger partial charge on any atom is 0.217 e. The number of carbonyl (C=O) groups is 1. The van der Waals surface area contributed by atoms with Crippen molar-refractivity contribution in [1.29, 1.82) is 0 Å². The minimum atomic E-state index is -0.324. The number of hydrogen-bond donors (Lipinski definition) is 3. The second-order valence-electron chi connectivity index (χ2n) is 5.27. The van der Waals surface area contributed by atoms with E-state index in [1.807, 2.05) is 48.5 Å². The van der Waals surface area contributed by atoms with Crippen LogP contribution in [0, 0.1) is 0 Å². The molecule has 2 aromatic carbocycles. The Morgan fingerprint density at radius 3 is 1.96 bits per heavy atom. The molecule has 0 unspecified atom stereocenters. The number of aromatic nitrogens is 2.